The van der Waals surface area contributed by atoms with Gasteiger partial charge in [-0.1, -0.05) is 20.8 Å². The number of primary amides is 1. The van der Waals surface area contributed by atoms with Crippen molar-refractivity contribution in [2.45, 2.75) is 88.9 Å². The molecule has 140 valence electrons. The average molecular weight is 361 g/mol. The van der Waals surface area contributed by atoms with Gasteiger partial charge in [0.2, 0.25) is 5.91 Å². The second-order valence-corrected chi connectivity index (χ2v) is 12.0. The number of hydrogen-bond acceptors (Lipinski definition) is 6. The van der Waals surface area contributed by atoms with Gasteiger partial charge in [0.1, 0.15) is 12.1 Å². The predicted octanol–water partition coefficient (Wildman–Crippen LogP) is 0.715. The van der Waals surface area contributed by atoms with Crippen molar-refractivity contribution in [3.63, 3.8) is 0 Å². The summed E-state index contributed by atoms with van der Waals surface area (Å²) in [5.74, 6) is -1.20. The zero-order chi connectivity index (χ0) is 18.1. The summed E-state index contributed by atoms with van der Waals surface area (Å²) in [7, 11) is -1.99. The Morgan fingerprint density at radius 3 is 2.33 bits per heavy atom. The third kappa shape index (κ3) is 3.84. The van der Waals surface area contributed by atoms with Crippen LogP contribution in [0.25, 0.3) is 0 Å². The maximum Gasteiger partial charge on any atom is 0.237 e. The molecule has 4 N–H and O–H groups in total. The van der Waals surface area contributed by atoms with Gasteiger partial charge in [-0.2, -0.15) is 0 Å². The zero-order valence-electron chi connectivity index (χ0n) is 15.4. The van der Waals surface area contributed by atoms with E-state index in [9.17, 15) is 9.90 Å². The van der Waals surface area contributed by atoms with E-state index < -0.39 is 44.3 Å². The number of aliphatic hydroxyl groups excluding tert-OH is 1. The molecule has 5 atom stereocenters. The molecule has 0 bridgehead atoms. The lowest BCUT2D eigenvalue weighted by atomic mass is 10.0. The minimum absolute atomic E-state index is 0.341. The standard InChI is InChI=1S/C16H32N2O5Si/c1-6-24(7-2,8-3)23-14-12(15(17)20)18-11(13(14)19)10-9-21-16(4,5)22-10/h10-14,18-19H,6-9H2,1-5H3,(H2,17,20)/t10-,11+,12+,13+,14+/m1/s1. The fourth-order valence-electron chi connectivity index (χ4n) is 3.69. The fourth-order valence-corrected chi connectivity index (χ4v) is 6.55. The maximum absolute atomic E-state index is 11.9. The molecule has 2 rings (SSSR count). The highest BCUT2D eigenvalue weighted by Gasteiger charge is 2.53. The molecule has 0 aromatic carbocycles. The maximum atomic E-state index is 11.9. The zero-order valence-corrected chi connectivity index (χ0v) is 16.4. The molecule has 24 heavy (non-hydrogen) atoms. The third-order valence-corrected chi connectivity index (χ3v) is 10.1. The van der Waals surface area contributed by atoms with Crippen molar-refractivity contribution in [2.75, 3.05) is 6.61 Å². The van der Waals surface area contributed by atoms with E-state index in [1.807, 2.05) is 13.8 Å². The molecular weight excluding hydrogens is 328 g/mol. The van der Waals surface area contributed by atoms with Gasteiger partial charge in [0.05, 0.1) is 24.9 Å². The van der Waals surface area contributed by atoms with E-state index in [4.69, 9.17) is 19.6 Å². The molecule has 2 aliphatic rings. The Bertz CT molecular complexity index is 449. The summed E-state index contributed by atoms with van der Waals surface area (Å²) < 4.78 is 17.8. The fraction of sp³-hybridized carbons (Fsp3) is 0.938. The number of carbonyl (C=O) groups is 1. The van der Waals surface area contributed by atoms with Crippen molar-refractivity contribution in [1.29, 1.82) is 0 Å². The second-order valence-electron chi connectivity index (χ2n) is 7.26. The first-order chi connectivity index (χ1) is 11.2. The Morgan fingerprint density at radius 1 is 1.33 bits per heavy atom. The van der Waals surface area contributed by atoms with Gasteiger partial charge in [-0.3, -0.25) is 10.1 Å². The summed E-state index contributed by atoms with van der Waals surface area (Å²) in [4.78, 5) is 11.9. The van der Waals surface area contributed by atoms with Crippen LogP contribution in [0, 0.1) is 0 Å². The molecule has 0 aromatic heterocycles. The van der Waals surface area contributed by atoms with Crippen molar-refractivity contribution < 1.29 is 23.8 Å². The van der Waals surface area contributed by atoms with Crippen LogP contribution in [0.15, 0.2) is 0 Å². The molecule has 2 heterocycles. The monoisotopic (exact) mass is 360 g/mol. The summed E-state index contributed by atoms with van der Waals surface area (Å²) in [5, 5.41) is 14.0. The van der Waals surface area contributed by atoms with Gasteiger partial charge >= 0.3 is 0 Å². The molecule has 0 spiro atoms. The molecule has 0 unspecified atom stereocenters. The first-order valence-electron chi connectivity index (χ1n) is 8.91. The topological polar surface area (TPSA) is 103 Å². The van der Waals surface area contributed by atoms with E-state index >= 15 is 0 Å². The number of carbonyl (C=O) groups excluding carboxylic acids is 1. The van der Waals surface area contributed by atoms with Crippen LogP contribution >= 0.6 is 0 Å². The Balaban J connectivity index is 2.18. The minimum Gasteiger partial charge on any atom is -0.409 e. The van der Waals surface area contributed by atoms with E-state index in [2.05, 4.69) is 26.1 Å². The number of hydrogen-bond donors (Lipinski definition) is 3. The Kier molecular flexibility index (Phi) is 6.10. The molecule has 1 amide bonds. The van der Waals surface area contributed by atoms with Crippen molar-refractivity contribution in [1.82, 2.24) is 5.32 Å². The molecule has 0 aliphatic carbocycles. The first-order valence-corrected chi connectivity index (χ1v) is 11.4. The van der Waals surface area contributed by atoms with Crippen LogP contribution in [0.4, 0.5) is 0 Å². The van der Waals surface area contributed by atoms with Gasteiger partial charge in [-0.05, 0) is 32.0 Å². The number of nitrogens with two attached hydrogens (primary N) is 1. The molecule has 7 nitrogen and oxygen atoms in total. The molecule has 0 radical (unpaired) electrons. The Labute approximate surface area is 145 Å². The largest absolute Gasteiger partial charge is 0.409 e. The molecule has 2 aliphatic heterocycles. The van der Waals surface area contributed by atoms with E-state index in [-0.39, 0.29) is 6.10 Å². The highest BCUT2D eigenvalue weighted by molar-refractivity contribution is 6.73. The van der Waals surface area contributed by atoms with Crippen LogP contribution in [-0.2, 0) is 18.7 Å². The first kappa shape index (κ1) is 19.8. The summed E-state index contributed by atoms with van der Waals surface area (Å²) in [6.07, 6.45) is -1.83. The molecule has 0 saturated carbocycles. The quantitative estimate of drug-likeness (QED) is 0.578. The highest BCUT2D eigenvalue weighted by Crippen LogP contribution is 2.33. The number of ether oxygens (including phenoxy) is 2. The number of amides is 1. The lowest BCUT2D eigenvalue weighted by molar-refractivity contribution is -0.144. The summed E-state index contributed by atoms with van der Waals surface area (Å²) >= 11 is 0. The Morgan fingerprint density at radius 2 is 1.92 bits per heavy atom. The van der Waals surface area contributed by atoms with Crippen LogP contribution in [-0.4, -0.2) is 62.1 Å². The van der Waals surface area contributed by atoms with Gasteiger partial charge < -0.3 is 24.7 Å². The van der Waals surface area contributed by atoms with E-state index in [1.54, 1.807) is 0 Å². The van der Waals surface area contributed by atoms with Gasteiger partial charge in [0.25, 0.3) is 0 Å². The van der Waals surface area contributed by atoms with Crippen LogP contribution in [0.1, 0.15) is 34.6 Å². The number of rotatable bonds is 7. The number of aliphatic hydroxyl groups is 1. The number of nitrogens with one attached hydrogen (secondary N) is 1. The van der Waals surface area contributed by atoms with Crippen LogP contribution in [0.3, 0.4) is 0 Å². The lowest BCUT2D eigenvalue weighted by Crippen LogP contribution is -2.51. The second kappa shape index (κ2) is 7.39. The SMILES string of the molecule is CC[Si](CC)(CC)O[C@@H]1[C@@H](O)[C@H]([C@H]2COC(C)(C)O2)N[C@@H]1C(N)=O. The molecule has 2 saturated heterocycles. The minimum atomic E-state index is -1.99. The van der Waals surface area contributed by atoms with E-state index in [0.29, 0.717) is 6.61 Å². The highest BCUT2D eigenvalue weighted by atomic mass is 28.4. The van der Waals surface area contributed by atoms with Crippen LogP contribution in [0.2, 0.25) is 18.1 Å². The van der Waals surface area contributed by atoms with Crippen LogP contribution in [0.5, 0.6) is 0 Å². The summed E-state index contributed by atoms with van der Waals surface area (Å²) in [6, 6.07) is 1.67. The molecular formula is C16H32N2O5Si. The smallest absolute Gasteiger partial charge is 0.237 e. The van der Waals surface area contributed by atoms with Gasteiger partial charge in [-0.25, -0.2) is 0 Å². The van der Waals surface area contributed by atoms with Crippen molar-refractivity contribution >= 4 is 14.2 Å². The molecule has 2 fully saturated rings. The van der Waals surface area contributed by atoms with Crippen molar-refractivity contribution in [3.05, 3.63) is 0 Å². The van der Waals surface area contributed by atoms with E-state index in [0.717, 1.165) is 18.1 Å². The Hall–Kier alpha value is -0.513. The molecule has 8 heteroatoms. The summed E-state index contributed by atoms with van der Waals surface area (Å²) in [6.45, 7) is 10.4. The van der Waals surface area contributed by atoms with E-state index in [1.165, 1.54) is 0 Å². The van der Waals surface area contributed by atoms with Crippen molar-refractivity contribution in [2.24, 2.45) is 5.73 Å². The average Bonchev–Trinajstić information content (AvgIpc) is 3.05. The lowest BCUT2D eigenvalue weighted by Gasteiger charge is -2.34. The van der Waals surface area contributed by atoms with Crippen molar-refractivity contribution in [3.8, 4) is 0 Å². The van der Waals surface area contributed by atoms with Gasteiger partial charge in [-0.15, -0.1) is 0 Å². The summed E-state index contributed by atoms with van der Waals surface area (Å²) in [5.41, 5.74) is 5.56. The molecule has 0 aromatic rings. The normalized spacial score (nSPS) is 36.2. The van der Waals surface area contributed by atoms with Crippen LogP contribution < -0.4 is 11.1 Å². The van der Waals surface area contributed by atoms with Gasteiger partial charge in [0.15, 0.2) is 14.1 Å². The third-order valence-electron chi connectivity index (χ3n) is 5.46. The van der Waals surface area contributed by atoms with Gasteiger partial charge in [0, 0.05) is 0 Å². The predicted molar refractivity (Wildman–Crippen MR) is 92.9 cm³/mol.